The zero-order valence-electron chi connectivity index (χ0n) is 13.9. The Balaban J connectivity index is 0.000000472. The average Bonchev–Trinajstić information content (AvgIpc) is 2.51. The number of hydrogen-bond acceptors (Lipinski definition) is 4. The number of hydrogen-bond donors (Lipinski definition) is 2. The van der Waals surface area contributed by atoms with Crippen LogP contribution in [-0.4, -0.2) is 18.1 Å². The monoisotopic (exact) mass is 304 g/mol. The van der Waals surface area contributed by atoms with Crippen molar-refractivity contribution in [2.24, 2.45) is 5.73 Å². The molecule has 0 amide bonds. The fourth-order valence-corrected chi connectivity index (χ4v) is 1.74. The molecule has 22 heavy (non-hydrogen) atoms. The summed E-state index contributed by atoms with van der Waals surface area (Å²) in [4.78, 5) is 20.4. The minimum Gasteiger partial charge on any atom is -0.396 e. The Kier molecular flexibility index (Phi) is 10.4. The minimum absolute atomic E-state index is 0.197. The fourth-order valence-electron chi connectivity index (χ4n) is 1.74. The molecule has 0 heterocycles. The van der Waals surface area contributed by atoms with Crippen LogP contribution in [0.1, 0.15) is 45.6 Å². The van der Waals surface area contributed by atoms with Crippen molar-refractivity contribution in [2.45, 2.75) is 46.5 Å². The van der Waals surface area contributed by atoms with Crippen LogP contribution in [0.2, 0.25) is 0 Å². The molecule has 0 aliphatic heterocycles. The summed E-state index contributed by atoms with van der Waals surface area (Å²) in [7, 11) is 0. The summed E-state index contributed by atoms with van der Waals surface area (Å²) >= 11 is 0. The SMILES string of the molecule is C=C(N)C(=O)C(C)=O.CCCCCNc1cccc(CC)c1. The van der Waals surface area contributed by atoms with Crippen molar-refractivity contribution in [3.05, 3.63) is 42.1 Å². The first-order valence-corrected chi connectivity index (χ1v) is 7.74. The molecule has 0 aliphatic rings. The maximum atomic E-state index is 10.3. The predicted molar refractivity (Wildman–Crippen MR) is 92.9 cm³/mol. The van der Waals surface area contributed by atoms with E-state index in [4.69, 9.17) is 5.73 Å². The largest absolute Gasteiger partial charge is 0.396 e. The number of rotatable bonds is 8. The van der Waals surface area contributed by atoms with E-state index in [2.05, 4.69) is 50.0 Å². The normalized spacial score (nSPS) is 9.41. The third-order valence-electron chi connectivity index (χ3n) is 3.06. The van der Waals surface area contributed by atoms with Crippen LogP contribution in [-0.2, 0) is 16.0 Å². The van der Waals surface area contributed by atoms with Gasteiger partial charge in [0, 0.05) is 19.2 Å². The van der Waals surface area contributed by atoms with Crippen molar-refractivity contribution < 1.29 is 9.59 Å². The van der Waals surface area contributed by atoms with Crippen LogP contribution in [0, 0.1) is 0 Å². The Morgan fingerprint density at radius 1 is 1.23 bits per heavy atom. The molecule has 1 aromatic carbocycles. The van der Waals surface area contributed by atoms with E-state index in [0.29, 0.717) is 0 Å². The van der Waals surface area contributed by atoms with Crippen LogP contribution in [0.4, 0.5) is 5.69 Å². The number of allylic oxidation sites excluding steroid dienone is 1. The number of aryl methyl sites for hydroxylation is 1. The summed E-state index contributed by atoms with van der Waals surface area (Å²) in [5.74, 6) is -1.28. The highest BCUT2D eigenvalue weighted by Crippen LogP contribution is 2.11. The Hall–Kier alpha value is -2.10. The lowest BCUT2D eigenvalue weighted by Gasteiger charge is -2.06. The molecule has 0 unspecified atom stereocenters. The van der Waals surface area contributed by atoms with Gasteiger partial charge in [0.05, 0.1) is 5.70 Å². The van der Waals surface area contributed by atoms with Crippen molar-refractivity contribution in [1.82, 2.24) is 0 Å². The topological polar surface area (TPSA) is 72.2 Å². The number of nitrogens with one attached hydrogen (secondary N) is 1. The molecule has 0 fully saturated rings. The molecule has 3 N–H and O–H groups in total. The van der Waals surface area contributed by atoms with E-state index in [1.165, 1.54) is 30.5 Å². The number of ketones is 2. The molecule has 0 radical (unpaired) electrons. The molecular formula is C18H28N2O2. The molecule has 0 spiro atoms. The number of anilines is 1. The number of benzene rings is 1. The molecule has 1 rings (SSSR count). The van der Waals surface area contributed by atoms with Gasteiger partial charge in [-0.15, -0.1) is 0 Å². The summed E-state index contributed by atoms with van der Waals surface area (Å²) in [6.07, 6.45) is 4.99. The fraction of sp³-hybridized carbons (Fsp3) is 0.444. The van der Waals surface area contributed by atoms with Gasteiger partial charge in [0.1, 0.15) is 0 Å². The van der Waals surface area contributed by atoms with Crippen LogP contribution in [0.25, 0.3) is 0 Å². The second-order valence-corrected chi connectivity index (χ2v) is 5.10. The van der Waals surface area contributed by atoms with Crippen LogP contribution in [0.3, 0.4) is 0 Å². The minimum atomic E-state index is -0.704. The summed E-state index contributed by atoms with van der Waals surface area (Å²) in [6, 6.07) is 8.69. The standard InChI is InChI=1S/C13H21N.C5H7NO2/c1-3-5-6-10-14-13-9-7-8-12(4-2)11-13;1-3(6)5(8)4(2)7/h7-9,11,14H,3-6,10H2,1-2H3;1,6H2,2H3. The van der Waals surface area contributed by atoms with Gasteiger partial charge in [0.25, 0.3) is 0 Å². The van der Waals surface area contributed by atoms with Gasteiger partial charge in [-0.05, 0) is 30.5 Å². The highest BCUT2D eigenvalue weighted by atomic mass is 16.2. The molecule has 122 valence electrons. The lowest BCUT2D eigenvalue weighted by molar-refractivity contribution is -0.133. The lowest BCUT2D eigenvalue weighted by atomic mass is 10.1. The van der Waals surface area contributed by atoms with E-state index in [9.17, 15) is 9.59 Å². The maximum Gasteiger partial charge on any atom is 0.243 e. The average molecular weight is 304 g/mol. The van der Waals surface area contributed by atoms with Gasteiger partial charge in [-0.2, -0.15) is 0 Å². The zero-order chi connectivity index (χ0) is 17.0. The van der Waals surface area contributed by atoms with Gasteiger partial charge in [0.2, 0.25) is 11.6 Å². The van der Waals surface area contributed by atoms with Crippen molar-refractivity contribution in [3.63, 3.8) is 0 Å². The summed E-state index contributed by atoms with van der Waals surface area (Å²) < 4.78 is 0. The van der Waals surface area contributed by atoms with Crippen LogP contribution in [0.5, 0.6) is 0 Å². The maximum absolute atomic E-state index is 10.3. The van der Waals surface area contributed by atoms with Crippen molar-refractivity contribution >= 4 is 17.3 Å². The van der Waals surface area contributed by atoms with Crippen LogP contribution < -0.4 is 11.1 Å². The molecule has 0 aromatic heterocycles. The van der Waals surface area contributed by atoms with Crippen molar-refractivity contribution in [1.29, 1.82) is 0 Å². The number of nitrogens with two attached hydrogens (primary N) is 1. The highest BCUT2D eigenvalue weighted by molar-refractivity contribution is 6.42. The number of carbonyl (C=O) groups is 2. The molecule has 1 aromatic rings. The lowest BCUT2D eigenvalue weighted by Crippen LogP contribution is -2.16. The Labute approximate surface area is 133 Å². The Morgan fingerprint density at radius 2 is 1.91 bits per heavy atom. The molecule has 0 saturated carbocycles. The van der Waals surface area contributed by atoms with E-state index in [1.54, 1.807) is 0 Å². The van der Waals surface area contributed by atoms with Crippen LogP contribution in [0.15, 0.2) is 36.5 Å². The van der Waals surface area contributed by atoms with Gasteiger partial charge in [-0.3, -0.25) is 9.59 Å². The van der Waals surface area contributed by atoms with Gasteiger partial charge in [-0.25, -0.2) is 0 Å². The third-order valence-corrected chi connectivity index (χ3v) is 3.06. The van der Waals surface area contributed by atoms with Gasteiger partial charge in [0.15, 0.2) is 0 Å². The molecular weight excluding hydrogens is 276 g/mol. The number of carbonyl (C=O) groups excluding carboxylic acids is 2. The summed E-state index contributed by atoms with van der Waals surface area (Å²) in [5.41, 5.74) is 7.35. The third kappa shape index (κ3) is 8.95. The van der Waals surface area contributed by atoms with Crippen molar-refractivity contribution in [2.75, 3.05) is 11.9 Å². The predicted octanol–water partition coefficient (Wildman–Crippen LogP) is 3.47. The molecule has 0 saturated heterocycles. The quantitative estimate of drug-likeness (QED) is 0.438. The van der Waals surface area contributed by atoms with E-state index in [-0.39, 0.29) is 5.70 Å². The van der Waals surface area contributed by atoms with Gasteiger partial charge < -0.3 is 11.1 Å². The number of Topliss-reactive ketones (excluding diaryl/α,β-unsaturated/α-hetero) is 2. The zero-order valence-corrected chi connectivity index (χ0v) is 13.9. The van der Waals surface area contributed by atoms with Crippen LogP contribution >= 0.6 is 0 Å². The molecule has 0 aliphatic carbocycles. The first kappa shape index (κ1) is 19.9. The molecule has 0 bridgehead atoms. The Bertz CT molecular complexity index is 480. The van der Waals surface area contributed by atoms with Gasteiger partial charge in [-0.1, -0.05) is 45.4 Å². The summed E-state index contributed by atoms with van der Waals surface area (Å²) in [5, 5.41) is 3.45. The first-order valence-electron chi connectivity index (χ1n) is 7.74. The molecule has 0 atom stereocenters. The second-order valence-electron chi connectivity index (χ2n) is 5.10. The first-order chi connectivity index (χ1) is 10.4. The van der Waals surface area contributed by atoms with E-state index in [1.807, 2.05) is 0 Å². The highest BCUT2D eigenvalue weighted by Gasteiger charge is 2.06. The molecule has 4 nitrogen and oxygen atoms in total. The smallest absolute Gasteiger partial charge is 0.243 e. The van der Waals surface area contributed by atoms with E-state index in [0.717, 1.165) is 19.9 Å². The molecule has 4 heteroatoms. The van der Waals surface area contributed by atoms with E-state index < -0.39 is 11.6 Å². The second kappa shape index (κ2) is 11.5. The summed E-state index contributed by atoms with van der Waals surface area (Å²) in [6.45, 7) is 9.76. The Morgan fingerprint density at radius 3 is 2.36 bits per heavy atom. The van der Waals surface area contributed by atoms with E-state index >= 15 is 0 Å². The van der Waals surface area contributed by atoms with Gasteiger partial charge >= 0.3 is 0 Å². The number of unbranched alkanes of at least 4 members (excludes halogenated alkanes) is 2. The van der Waals surface area contributed by atoms with Crippen molar-refractivity contribution in [3.8, 4) is 0 Å².